The minimum Gasteiger partial charge on any atom is -0.329 e. The Hall–Kier alpha value is -2.14. The minimum atomic E-state index is -0.0627. The van der Waals surface area contributed by atoms with Crippen molar-refractivity contribution in [3.05, 3.63) is 58.1 Å². The molecule has 0 saturated heterocycles. The second-order valence-corrected chi connectivity index (χ2v) is 7.05. The summed E-state index contributed by atoms with van der Waals surface area (Å²) in [5, 5.41) is 4.01. The second-order valence-electron chi connectivity index (χ2n) is 5.79. The number of thiazole rings is 1. The number of aromatic nitrogens is 1. The van der Waals surface area contributed by atoms with Crippen molar-refractivity contribution >= 4 is 22.9 Å². The number of urea groups is 1. The molecule has 2 heterocycles. The third-order valence-corrected chi connectivity index (χ3v) is 5.03. The molecule has 0 fully saturated rings. The Labute approximate surface area is 140 Å². The molecule has 0 unspecified atom stereocenters. The number of hydrogen-bond acceptors (Lipinski definition) is 3. The van der Waals surface area contributed by atoms with Crippen LogP contribution in [0.4, 0.5) is 4.79 Å². The fourth-order valence-corrected chi connectivity index (χ4v) is 3.47. The van der Waals surface area contributed by atoms with Crippen LogP contribution >= 0.6 is 11.3 Å². The van der Waals surface area contributed by atoms with E-state index in [0.29, 0.717) is 6.54 Å². The van der Waals surface area contributed by atoms with E-state index in [1.54, 1.807) is 11.3 Å². The SMILES string of the molecule is Cc1cnc([C@H](C)NC(=O)N2CCC=C(c3ccccc3)C2)s1. The summed E-state index contributed by atoms with van der Waals surface area (Å²) in [6.07, 6.45) is 4.97. The molecule has 2 amide bonds. The zero-order valence-corrected chi connectivity index (χ0v) is 14.3. The second kappa shape index (κ2) is 6.96. The Kier molecular flexibility index (Phi) is 4.76. The number of nitrogens with one attached hydrogen (secondary N) is 1. The number of benzene rings is 1. The van der Waals surface area contributed by atoms with Crippen LogP contribution in [0.5, 0.6) is 0 Å². The van der Waals surface area contributed by atoms with Gasteiger partial charge >= 0.3 is 6.03 Å². The first-order valence-corrected chi connectivity index (χ1v) is 8.67. The maximum atomic E-state index is 12.5. The normalized spacial score (nSPS) is 15.9. The summed E-state index contributed by atoms with van der Waals surface area (Å²) in [4.78, 5) is 19.9. The molecule has 1 atom stereocenters. The monoisotopic (exact) mass is 327 g/mol. The van der Waals surface area contributed by atoms with Gasteiger partial charge in [-0.05, 0) is 31.4 Å². The molecule has 0 bridgehead atoms. The van der Waals surface area contributed by atoms with Gasteiger partial charge in [-0.1, -0.05) is 36.4 Å². The fraction of sp³-hybridized carbons (Fsp3) is 0.333. The molecule has 0 radical (unpaired) electrons. The predicted octanol–water partition coefficient (Wildman–Crippen LogP) is 4.01. The van der Waals surface area contributed by atoms with Crippen LogP contribution in [-0.2, 0) is 0 Å². The number of hydrogen-bond donors (Lipinski definition) is 1. The molecule has 0 aliphatic carbocycles. The standard InChI is InChI=1S/C18H21N3OS/c1-13-11-19-17(23-13)14(2)20-18(22)21-10-6-9-16(12-21)15-7-4-3-5-8-15/h3-5,7-9,11,14H,6,10,12H2,1-2H3,(H,20,22)/t14-/m0/s1. The van der Waals surface area contributed by atoms with E-state index in [0.717, 1.165) is 22.9 Å². The van der Waals surface area contributed by atoms with Crippen molar-refractivity contribution in [2.45, 2.75) is 26.3 Å². The van der Waals surface area contributed by atoms with E-state index in [9.17, 15) is 4.79 Å². The van der Waals surface area contributed by atoms with Crippen LogP contribution in [0.15, 0.2) is 42.6 Å². The van der Waals surface area contributed by atoms with Gasteiger partial charge in [0.25, 0.3) is 0 Å². The molecule has 23 heavy (non-hydrogen) atoms. The largest absolute Gasteiger partial charge is 0.329 e. The van der Waals surface area contributed by atoms with Gasteiger partial charge in [0.1, 0.15) is 5.01 Å². The third-order valence-electron chi connectivity index (χ3n) is 3.93. The van der Waals surface area contributed by atoms with Crippen LogP contribution in [0, 0.1) is 6.92 Å². The molecule has 1 aromatic carbocycles. The fourth-order valence-electron chi connectivity index (χ4n) is 2.69. The molecule has 0 spiro atoms. The molecule has 120 valence electrons. The summed E-state index contributed by atoms with van der Waals surface area (Å²) in [6, 6.07) is 10.2. The topological polar surface area (TPSA) is 45.2 Å². The van der Waals surface area contributed by atoms with Crippen molar-refractivity contribution < 1.29 is 4.79 Å². The molecule has 0 saturated carbocycles. The molecule has 5 heteroatoms. The predicted molar refractivity (Wildman–Crippen MR) is 94.4 cm³/mol. The first-order valence-electron chi connectivity index (χ1n) is 7.85. The van der Waals surface area contributed by atoms with Crippen molar-refractivity contribution in [3.8, 4) is 0 Å². The van der Waals surface area contributed by atoms with Gasteiger partial charge in [-0.2, -0.15) is 0 Å². The number of carbonyl (C=O) groups excluding carboxylic acids is 1. The highest BCUT2D eigenvalue weighted by Crippen LogP contribution is 2.22. The van der Waals surface area contributed by atoms with Crippen LogP contribution in [0.1, 0.15) is 34.8 Å². The van der Waals surface area contributed by atoms with Gasteiger partial charge in [0, 0.05) is 24.2 Å². The van der Waals surface area contributed by atoms with Gasteiger partial charge in [-0.3, -0.25) is 0 Å². The number of amides is 2. The number of aryl methyl sites for hydroxylation is 1. The number of nitrogens with zero attached hydrogens (tertiary/aromatic N) is 2. The molecule has 1 aliphatic heterocycles. The van der Waals surface area contributed by atoms with Crippen molar-refractivity contribution in [2.75, 3.05) is 13.1 Å². The van der Waals surface area contributed by atoms with Crippen LogP contribution in [0.3, 0.4) is 0 Å². The van der Waals surface area contributed by atoms with E-state index in [2.05, 4.69) is 28.5 Å². The average molecular weight is 327 g/mol. The van der Waals surface area contributed by atoms with Crippen LogP contribution < -0.4 is 5.32 Å². The minimum absolute atomic E-state index is 0.0214. The van der Waals surface area contributed by atoms with Gasteiger partial charge in [0.15, 0.2) is 0 Å². The van der Waals surface area contributed by atoms with Gasteiger partial charge in [0.2, 0.25) is 0 Å². The summed E-state index contributed by atoms with van der Waals surface area (Å²) < 4.78 is 0. The molecule has 4 nitrogen and oxygen atoms in total. The number of rotatable bonds is 3. The van der Waals surface area contributed by atoms with Crippen LogP contribution in [0.25, 0.3) is 5.57 Å². The van der Waals surface area contributed by atoms with E-state index in [-0.39, 0.29) is 12.1 Å². The van der Waals surface area contributed by atoms with Gasteiger partial charge in [-0.25, -0.2) is 9.78 Å². The van der Waals surface area contributed by atoms with E-state index in [1.807, 2.05) is 43.1 Å². The van der Waals surface area contributed by atoms with Crippen molar-refractivity contribution in [1.82, 2.24) is 15.2 Å². The van der Waals surface area contributed by atoms with Crippen LogP contribution in [0.2, 0.25) is 0 Å². The lowest BCUT2D eigenvalue weighted by molar-refractivity contribution is 0.200. The van der Waals surface area contributed by atoms with Crippen molar-refractivity contribution in [2.24, 2.45) is 0 Å². The molecule has 2 aromatic rings. The zero-order valence-electron chi connectivity index (χ0n) is 13.5. The highest BCUT2D eigenvalue weighted by Gasteiger charge is 2.21. The summed E-state index contributed by atoms with van der Waals surface area (Å²) in [6.45, 7) is 5.41. The van der Waals surface area contributed by atoms with Gasteiger partial charge in [0.05, 0.1) is 6.04 Å². The first-order chi connectivity index (χ1) is 11.1. The lowest BCUT2D eigenvalue weighted by Crippen LogP contribution is -2.43. The Morgan fingerprint density at radius 3 is 2.83 bits per heavy atom. The first kappa shape index (κ1) is 15.7. The van der Waals surface area contributed by atoms with Crippen molar-refractivity contribution in [1.29, 1.82) is 0 Å². The maximum absolute atomic E-state index is 12.5. The van der Waals surface area contributed by atoms with Gasteiger partial charge in [-0.15, -0.1) is 11.3 Å². The lowest BCUT2D eigenvalue weighted by atomic mass is 10.0. The summed E-state index contributed by atoms with van der Waals surface area (Å²) in [5.41, 5.74) is 2.40. The molecule has 1 N–H and O–H groups in total. The quantitative estimate of drug-likeness (QED) is 0.926. The Morgan fingerprint density at radius 2 is 2.13 bits per heavy atom. The summed E-state index contributed by atoms with van der Waals surface area (Å²) >= 11 is 1.63. The maximum Gasteiger partial charge on any atom is 0.318 e. The Bertz CT molecular complexity index is 708. The molecule has 1 aliphatic rings. The van der Waals surface area contributed by atoms with E-state index in [4.69, 9.17) is 0 Å². The molecular formula is C18H21N3OS. The molecule has 1 aromatic heterocycles. The van der Waals surface area contributed by atoms with E-state index in [1.165, 1.54) is 11.1 Å². The Balaban J connectivity index is 1.63. The van der Waals surface area contributed by atoms with E-state index >= 15 is 0 Å². The summed E-state index contributed by atoms with van der Waals surface area (Å²) in [7, 11) is 0. The number of carbonyl (C=O) groups is 1. The third kappa shape index (κ3) is 3.79. The van der Waals surface area contributed by atoms with Crippen molar-refractivity contribution in [3.63, 3.8) is 0 Å². The Morgan fingerprint density at radius 1 is 1.35 bits per heavy atom. The zero-order chi connectivity index (χ0) is 16.2. The highest BCUT2D eigenvalue weighted by molar-refractivity contribution is 7.11. The van der Waals surface area contributed by atoms with E-state index < -0.39 is 0 Å². The highest BCUT2D eigenvalue weighted by atomic mass is 32.1. The average Bonchev–Trinajstić information content (AvgIpc) is 3.02. The lowest BCUT2D eigenvalue weighted by Gasteiger charge is -2.29. The smallest absolute Gasteiger partial charge is 0.318 e. The summed E-state index contributed by atoms with van der Waals surface area (Å²) in [5.74, 6) is 0. The van der Waals surface area contributed by atoms with Crippen LogP contribution in [-0.4, -0.2) is 29.0 Å². The van der Waals surface area contributed by atoms with Gasteiger partial charge < -0.3 is 10.2 Å². The molecular weight excluding hydrogens is 306 g/mol. The molecule has 3 rings (SSSR count).